The molecule has 1 rings (SSSR count). The minimum Gasteiger partial charge on any atom is -0.444 e. The first-order valence-corrected chi connectivity index (χ1v) is 7.64. The molecule has 5 nitrogen and oxygen atoms in total. The Hall–Kier alpha value is -1.58. The minimum atomic E-state index is -0.502. The molecule has 0 aliphatic carbocycles. The van der Waals surface area contributed by atoms with Gasteiger partial charge in [-0.3, -0.25) is 0 Å². The number of hydrogen-bond acceptors (Lipinski definition) is 5. The fraction of sp³-hybridized carbons (Fsp3) is 0.600. The van der Waals surface area contributed by atoms with Gasteiger partial charge in [0.15, 0.2) is 0 Å². The average Bonchev–Trinajstić information content (AvgIpc) is 2.73. The summed E-state index contributed by atoms with van der Waals surface area (Å²) in [5, 5.41) is 14.9. The van der Waals surface area contributed by atoms with Crippen molar-refractivity contribution in [3.63, 3.8) is 0 Å². The monoisotopic (exact) mass is 309 g/mol. The summed E-state index contributed by atoms with van der Waals surface area (Å²) >= 11 is 1.47. The first-order chi connectivity index (χ1) is 9.61. The fourth-order valence-corrected chi connectivity index (χ4v) is 2.43. The number of hydrogen-bond donors (Lipinski definition) is 2. The summed E-state index contributed by atoms with van der Waals surface area (Å²) in [4.78, 5) is 13.6. The van der Waals surface area contributed by atoms with Crippen LogP contribution in [0.15, 0.2) is 12.1 Å². The Bertz CT molecular complexity index is 524. The number of rotatable bonds is 5. The Morgan fingerprint density at radius 2 is 2.00 bits per heavy atom. The Labute approximate surface area is 130 Å². The molecule has 0 spiro atoms. The van der Waals surface area contributed by atoms with Gasteiger partial charge < -0.3 is 15.4 Å². The van der Waals surface area contributed by atoms with E-state index in [1.165, 1.54) is 11.3 Å². The van der Waals surface area contributed by atoms with Crippen molar-refractivity contribution in [3.05, 3.63) is 21.9 Å². The van der Waals surface area contributed by atoms with Crippen LogP contribution in [0.1, 0.15) is 44.4 Å². The second kappa shape index (κ2) is 6.92. The normalized spacial score (nSPS) is 11.8. The van der Waals surface area contributed by atoms with E-state index in [0.29, 0.717) is 18.0 Å². The zero-order valence-electron chi connectivity index (χ0n) is 13.2. The average molecular weight is 309 g/mol. The van der Waals surface area contributed by atoms with Crippen LogP contribution in [0.25, 0.3) is 0 Å². The van der Waals surface area contributed by atoms with Crippen molar-refractivity contribution in [2.75, 3.05) is 6.54 Å². The van der Waals surface area contributed by atoms with Crippen molar-refractivity contribution in [2.45, 2.75) is 52.3 Å². The van der Waals surface area contributed by atoms with E-state index in [9.17, 15) is 4.79 Å². The van der Waals surface area contributed by atoms with Gasteiger partial charge in [0.05, 0.1) is 5.54 Å². The summed E-state index contributed by atoms with van der Waals surface area (Å²) < 4.78 is 5.24. The molecular weight excluding hydrogens is 286 g/mol. The Kier molecular flexibility index (Phi) is 5.76. The zero-order valence-corrected chi connectivity index (χ0v) is 14.1. The SMILES string of the molecule is CC(C)(CNCc1ccc(C#N)s1)NC(=O)OC(C)(C)C. The van der Waals surface area contributed by atoms with Gasteiger partial charge in [0.25, 0.3) is 0 Å². The topological polar surface area (TPSA) is 74.2 Å². The maximum Gasteiger partial charge on any atom is 0.408 e. The number of thiophene rings is 1. The van der Waals surface area contributed by atoms with E-state index < -0.39 is 17.2 Å². The van der Waals surface area contributed by atoms with Gasteiger partial charge in [-0.15, -0.1) is 11.3 Å². The van der Waals surface area contributed by atoms with Crippen LogP contribution < -0.4 is 10.6 Å². The van der Waals surface area contributed by atoms with Gasteiger partial charge >= 0.3 is 6.09 Å². The standard InChI is InChI=1S/C15H23N3O2S/c1-14(2,3)20-13(19)18-15(4,5)10-17-9-12-7-6-11(8-16)21-12/h6-7,17H,9-10H2,1-5H3,(H,18,19). The number of nitrogens with zero attached hydrogens (tertiary/aromatic N) is 1. The van der Waals surface area contributed by atoms with Gasteiger partial charge in [-0.25, -0.2) is 4.79 Å². The number of ether oxygens (including phenoxy) is 1. The van der Waals surface area contributed by atoms with E-state index in [-0.39, 0.29) is 0 Å². The van der Waals surface area contributed by atoms with Crippen LogP contribution in [0.4, 0.5) is 4.79 Å². The van der Waals surface area contributed by atoms with Crippen molar-refractivity contribution in [1.82, 2.24) is 10.6 Å². The molecule has 0 fully saturated rings. The minimum absolute atomic E-state index is 0.419. The van der Waals surface area contributed by atoms with E-state index in [4.69, 9.17) is 10.00 Å². The molecule has 21 heavy (non-hydrogen) atoms. The van der Waals surface area contributed by atoms with Crippen molar-refractivity contribution in [2.24, 2.45) is 0 Å². The Morgan fingerprint density at radius 1 is 1.33 bits per heavy atom. The highest BCUT2D eigenvalue weighted by Crippen LogP contribution is 2.15. The summed E-state index contributed by atoms with van der Waals surface area (Å²) in [7, 11) is 0. The van der Waals surface area contributed by atoms with Crippen molar-refractivity contribution in [1.29, 1.82) is 5.26 Å². The van der Waals surface area contributed by atoms with Crippen LogP contribution >= 0.6 is 11.3 Å². The van der Waals surface area contributed by atoms with Gasteiger partial charge in [-0.2, -0.15) is 5.26 Å². The molecule has 0 aliphatic heterocycles. The van der Waals surface area contributed by atoms with Gasteiger partial charge in [-0.1, -0.05) is 0 Å². The molecule has 0 atom stereocenters. The number of carbonyl (C=O) groups is 1. The van der Waals surface area contributed by atoms with Gasteiger partial charge in [0.1, 0.15) is 16.5 Å². The summed E-state index contributed by atoms with van der Waals surface area (Å²) in [5.41, 5.74) is -0.921. The summed E-state index contributed by atoms with van der Waals surface area (Å²) in [6.45, 7) is 10.6. The quantitative estimate of drug-likeness (QED) is 0.877. The lowest BCUT2D eigenvalue weighted by Gasteiger charge is -2.28. The third-order valence-corrected chi connectivity index (χ3v) is 3.47. The largest absolute Gasteiger partial charge is 0.444 e. The smallest absolute Gasteiger partial charge is 0.408 e. The van der Waals surface area contributed by atoms with Gasteiger partial charge in [-0.05, 0) is 46.8 Å². The molecule has 0 saturated carbocycles. The van der Waals surface area contributed by atoms with Crippen molar-refractivity contribution >= 4 is 17.4 Å². The molecule has 1 amide bonds. The lowest BCUT2D eigenvalue weighted by Crippen LogP contribution is -2.51. The number of nitrogens with one attached hydrogen (secondary N) is 2. The van der Waals surface area contributed by atoms with Crippen molar-refractivity contribution in [3.8, 4) is 6.07 Å². The van der Waals surface area contributed by atoms with Crippen LogP contribution in [0.3, 0.4) is 0 Å². The molecule has 1 aromatic rings. The van der Waals surface area contributed by atoms with E-state index in [2.05, 4.69) is 16.7 Å². The second-order valence-electron chi connectivity index (χ2n) is 6.49. The highest BCUT2D eigenvalue weighted by atomic mass is 32.1. The molecule has 0 aliphatic rings. The maximum absolute atomic E-state index is 11.8. The molecule has 0 unspecified atom stereocenters. The highest BCUT2D eigenvalue weighted by molar-refractivity contribution is 7.12. The molecule has 1 heterocycles. The van der Waals surface area contributed by atoms with E-state index in [1.807, 2.05) is 46.8 Å². The number of carbonyl (C=O) groups excluding carboxylic acids is 1. The van der Waals surface area contributed by atoms with E-state index in [1.54, 1.807) is 0 Å². The summed E-state index contributed by atoms with van der Waals surface area (Å²) in [6.07, 6.45) is -0.419. The number of nitriles is 1. The molecule has 1 aromatic heterocycles. The molecule has 0 saturated heterocycles. The molecule has 2 N–H and O–H groups in total. The number of alkyl carbamates (subject to hydrolysis) is 1. The predicted molar refractivity (Wildman–Crippen MR) is 84.2 cm³/mol. The summed E-state index contributed by atoms with van der Waals surface area (Å²) in [5.74, 6) is 0. The van der Waals surface area contributed by atoms with Gasteiger partial charge in [0.2, 0.25) is 0 Å². The molecule has 6 heteroatoms. The summed E-state index contributed by atoms with van der Waals surface area (Å²) in [6, 6.07) is 5.87. The lowest BCUT2D eigenvalue weighted by atomic mass is 10.1. The third-order valence-electron chi connectivity index (χ3n) is 2.48. The predicted octanol–water partition coefficient (Wildman–Crippen LogP) is 3.01. The molecule has 0 radical (unpaired) electrons. The number of amides is 1. The van der Waals surface area contributed by atoms with Crippen LogP contribution in [-0.4, -0.2) is 23.8 Å². The first-order valence-electron chi connectivity index (χ1n) is 6.82. The van der Waals surface area contributed by atoms with Crippen molar-refractivity contribution < 1.29 is 9.53 Å². The third kappa shape index (κ3) is 7.11. The van der Waals surface area contributed by atoms with Crippen LogP contribution in [0.2, 0.25) is 0 Å². The highest BCUT2D eigenvalue weighted by Gasteiger charge is 2.24. The molecule has 116 valence electrons. The van der Waals surface area contributed by atoms with Gasteiger partial charge in [0, 0.05) is 18.0 Å². The van der Waals surface area contributed by atoms with Crippen LogP contribution in [0, 0.1) is 11.3 Å². The first kappa shape index (κ1) is 17.5. The Morgan fingerprint density at radius 3 is 2.52 bits per heavy atom. The molecule has 0 bridgehead atoms. The van der Waals surface area contributed by atoms with Crippen LogP contribution in [-0.2, 0) is 11.3 Å². The van der Waals surface area contributed by atoms with E-state index in [0.717, 1.165) is 4.88 Å². The lowest BCUT2D eigenvalue weighted by molar-refractivity contribution is 0.0472. The fourth-order valence-electron chi connectivity index (χ4n) is 1.66. The maximum atomic E-state index is 11.8. The van der Waals surface area contributed by atoms with Crippen LogP contribution in [0.5, 0.6) is 0 Å². The Balaban J connectivity index is 2.39. The van der Waals surface area contributed by atoms with E-state index >= 15 is 0 Å². The molecule has 0 aromatic carbocycles. The second-order valence-corrected chi connectivity index (χ2v) is 7.66. The zero-order chi connectivity index (χ0) is 16.1. The molecular formula is C15H23N3O2S.